The molecule has 0 aliphatic carbocycles. The third kappa shape index (κ3) is 2.94. The van der Waals surface area contributed by atoms with Gasteiger partial charge in [0.1, 0.15) is 5.75 Å². The Morgan fingerprint density at radius 3 is 2.88 bits per heavy atom. The summed E-state index contributed by atoms with van der Waals surface area (Å²) in [6.07, 6.45) is 1.57. The van der Waals surface area contributed by atoms with Crippen molar-refractivity contribution in [3.05, 3.63) is 45.5 Å². The molecule has 0 saturated carbocycles. The Morgan fingerprint density at radius 2 is 2.18 bits per heavy atom. The molecular weight excluding hydrogens is 305 g/mol. The smallest absolute Gasteiger partial charge is 0.243 e. The van der Waals surface area contributed by atoms with E-state index in [0.717, 1.165) is 10.0 Å². The van der Waals surface area contributed by atoms with Crippen molar-refractivity contribution in [2.24, 2.45) is 5.73 Å². The number of ether oxygens (including phenoxy) is 1. The molecule has 0 radical (unpaired) electrons. The van der Waals surface area contributed by atoms with Crippen molar-refractivity contribution in [1.82, 2.24) is 10.2 Å². The first-order valence-corrected chi connectivity index (χ1v) is 6.01. The van der Waals surface area contributed by atoms with Crippen molar-refractivity contribution >= 4 is 27.5 Å². The molecule has 1 aromatic heterocycles. The standard InChI is InChI=1S/C11H9BrClN3O/c12-8-1-2-10(9(13)5-8)17-11-7(6-14)3-4-15-16-11/h1-5H,6,14H2. The number of rotatable bonds is 3. The van der Waals surface area contributed by atoms with Crippen LogP contribution in [-0.2, 0) is 6.54 Å². The molecule has 0 atom stereocenters. The molecule has 0 bridgehead atoms. The van der Waals surface area contributed by atoms with Crippen molar-refractivity contribution in [1.29, 1.82) is 0 Å². The molecule has 1 aromatic carbocycles. The molecule has 0 saturated heterocycles. The Morgan fingerprint density at radius 1 is 1.35 bits per heavy atom. The van der Waals surface area contributed by atoms with Gasteiger partial charge in [0.05, 0.1) is 11.2 Å². The molecule has 0 aliphatic heterocycles. The molecule has 2 rings (SSSR count). The maximum absolute atomic E-state index is 6.04. The lowest BCUT2D eigenvalue weighted by Gasteiger charge is -2.09. The minimum absolute atomic E-state index is 0.332. The topological polar surface area (TPSA) is 61.0 Å². The van der Waals surface area contributed by atoms with E-state index in [9.17, 15) is 0 Å². The average molecular weight is 315 g/mol. The van der Waals surface area contributed by atoms with Crippen LogP contribution in [0.25, 0.3) is 0 Å². The van der Waals surface area contributed by atoms with Crippen LogP contribution < -0.4 is 10.5 Å². The molecule has 0 unspecified atom stereocenters. The second kappa shape index (κ2) is 5.44. The molecular formula is C11H9BrClN3O. The van der Waals surface area contributed by atoms with Gasteiger partial charge < -0.3 is 10.5 Å². The molecule has 1 heterocycles. The van der Waals surface area contributed by atoms with Crippen molar-refractivity contribution in [3.8, 4) is 11.6 Å². The molecule has 4 nitrogen and oxygen atoms in total. The number of halogens is 2. The molecule has 88 valence electrons. The van der Waals surface area contributed by atoms with Crippen LogP contribution in [0.1, 0.15) is 5.56 Å². The number of benzene rings is 1. The van der Waals surface area contributed by atoms with Crippen LogP contribution >= 0.6 is 27.5 Å². The van der Waals surface area contributed by atoms with E-state index in [1.165, 1.54) is 0 Å². The summed E-state index contributed by atoms with van der Waals surface area (Å²) in [5.74, 6) is 0.893. The average Bonchev–Trinajstić information content (AvgIpc) is 2.33. The summed E-state index contributed by atoms with van der Waals surface area (Å²) in [5.41, 5.74) is 6.36. The second-order valence-electron chi connectivity index (χ2n) is 3.24. The van der Waals surface area contributed by atoms with Crippen molar-refractivity contribution in [3.63, 3.8) is 0 Å². The molecule has 2 N–H and O–H groups in total. The minimum atomic E-state index is 0.332. The summed E-state index contributed by atoms with van der Waals surface area (Å²) in [5, 5.41) is 8.13. The quantitative estimate of drug-likeness (QED) is 0.945. The van der Waals surface area contributed by atoms with Gasteiger partial charge in [0, 0.05) is 16.6 Å². The number of hydrogen-bond acceptors (Lipinski definition) is 4. The number of nitrogens with zero attached hydrogens (tertiary/aromatic N) is 2. The lowest BCUT2D eigenvalue weighted by Crippen LogP contribution is -2.02. The minimum Gasteiger partial charge on any atom is -0.436 e. The maximum Gasteiger partial charge on any atom is 0.243 e. The van der Waals surface area contributed by atoms with Gasteiger partial charge in [-0.15, -0.1) is 5.10 Å². The summed E-state index contributed by atoms with van der Waals surface area (Å²) in [4.78, 5) is 0. The van der Waals surface area contributed by atoms with E-state index in [4.69, 9.17) is 22.1 Å². The Hall–Kier alpha value is -1.17. The van der Waals surface area contributed by atoms with Gasteiger partial charge in [-0.2, -0.15) is 5.10 Å². The molecule has 0 aliphatic rings. The fourth-order valence-corrected chi connectivity index (χ4v) is 1.96. The van der Waals surface area contributed by atoms with Crippen molar-refractivity contribution in [2.45, 2.75) is 6.54 Å². The third-order valence-electron chi connectivity index (χ3n) is 2.09. The Kier molecular flexibility index (Phi) is 3.93. The predicted molar refractivity (Wildman–Crippen MR) is 69.1 cm³/mol. The van der Waals surface area contributed by atoms with Gasteiger partial charge in [-0.1, -0.05) is 27.5 Å². The summed E-state index contributed by atoms with van der Waals surface area (Å²) in [6, 6.07) is 7.09. The van der Waals surface area contributed by atoms with Crippen molar-refractivity contribution < 1.29 is 4.74 Å². The van der Waals surface area contributed by atoms with E-state index >= 15 is 0 Å². The number of nitrogens with two attached hydrogens (primary N) is 1. The van der Waals surface area contributed by atoms with E-state index in [0.29, 0.717) is 23.2 Å². The first-order valence-electron chi connectivity index (χ1n) is 4.84. The predicted octanol–water partition coefficient (Wildman–Crippen LogP) is 3.14. The zero-order chi connectivity index (χ0) is 12.3. The van der Waals surface area contributed by atoms with E-state index < -0.39 is 0 Å². The zero-order valence-corrected chi connectivity index (χ0v) is 11.1. The highest BCUT2D eigenvalue weighted by atomic mass is 79.9. The Balaban J connectivity index is 2.31. The molecule has 0 fully saturated rings. The largest absolute Gasteiger partial charge is 0.436 e. The lowest BCUT2D eigenvalue weighted by atomic mass is 10.3. The Bertz CT molecular complexity index is 536. The fraction of sp³-hybridized carbons (Fsp3) is 0.0909. The highest BCUT2D eigenvalue weighted by Crippen LogP contribution is 2.31. The summed E-state index contributed by atoms with van der Waals surface area (Å²) in [6.45, 7) is 0.332. The SMILES string of the molecule is NCc1ccnnc1Oc1ccc(Br)cc1Cl. The summed E-state index contributed by atoms with van der Waals surface area (Å²) < 4.78 is 6.46. The molecule has 17 heavy (non-hydrogen) atoms. The number of hydrogen-bond donors (Lipinski definition) is 1. The van der Waals surface area contributed by atoms with Crippen LogP contribution in [0.15, 0.2) is 34.9 Å². The third-order valence-corrected chi connectivity index (χ3v) is 2.87. The molecule has 0 spiro atoms. The van der Waals surface area contributed by atoms with E-state index in [1.54, 1.807) is 24.4 Å². The molecule has 6 heteroatoms. The normalized spacial score (nSPS) is 10.3. The highest BCUT2D eigenvalue weighted by molar-refractivity contribution is 9.10. The van der Waals surface area contributed by atoms with Gasteiger partial charge in [-0.3, -0.25) is 0 Å². The molecule has 2 aromatic rings. The first kappa shape index (κ1) is 12.3. The van der Waals surface area contributed by atoms with Gasteiger partial charge >= 0.3 is 0 Å². The van der Waals surface area contributed by atoms with Crippen LogP contribution in [0.3, 0.4) is 0 Å². The summed E-state index contributed by atoms with van der Waals surface area (Å²) >= 11 is 9.36. The first-order chi connectivity index (χ1) is 8.20. The van der Waals surface area contributed by atoms with E-state index in [2.05, 4.69) is 26.1 Å². The van der Waals surface area contributed by atoms with Crippen LogP contribution in [0.4, 0.5) is 0 Å². The van der Waals surface area contributed by atoms with Gasteiger partial charge in [-0.05, 0) is 24.3 Å². The van der Waals surface area contributed by atoms with Crippen LogP contribution in [0.2, 0.25) is 5.02 Å². The van der Waals surface area contributed by atoms with Crippen LogP contribution in [0, 0.1) is 0 Å². The van der Waals surface area contributed by atoms with Gasteiger partial charge in [-0.25, -0.2) is 0 Å². The van der Waals surface area contributed by atoms with Crippen LogP contribution in [-0.4, -0.2) is 10.2 Å². The highest BCUT2D eigenvalue weighted by Gasteiger charge is 2.08. The zero-order valence-electron chi connectivity index (χ0n) is 8.73. The van der Waals surface area contributed by atoms with Gasteiger partial charge in [0.2, 0.25) is 5.88 Å². The summed E-state index contributed by atoms with van der Waals surface area (Å²) in [7, 11) is 0. The van der Waals surface area contributed by atoms with E-state index in [-0.39, 0.29) is 0 Å². The maximum atomic E-state index is 6.04. The van der Waals surface area contributed by atoms with Gasteiger partial charge in [0.25, 0.3) is 0 Å². The van der Waals surface area contributed by atoms with E-state index in [1.807, 2.05) is 6.07 Å². The van der Waals surface area contributed by atoms with Crippen LogP contribution in [0.5, 0.6) is 11.6 Å². The molecule has 0 amide bonds. The van der Waals surface area contributed by atoms with Gasteiger partial charge in [0.15, 0.2) is 0 Å². The number of aromatic nitrogens is 2. The monoisotopic (exact) mass is 313 g/mol. The Labute approximate surface area is 112 Å². The lowest BCUT2D eigenvalue weighted by molar-refractivity contribution is 0.448. The fourth-order valence-electron chi connectivity index (χ4n) is 1.25. The van der Waals surface area contributed by atoms with Crippen molar-refractivity contribution in [2.75, 3.05) is 0 Å². The second-order valence-corrected chi connectivity index (χ2v) is 4.57.